The quantitative estimate of drug-likeness (QED) is 0.733. The largest absolute Gasteiger partial charge is 0.388 e. The van der Waals surface area contributed by atoms with Crippen LogP contribution in [0.4, 0.5) is 0 Å². The monoisotopic (exact) mass is 197 g/mol. The number of likely N-dealkylation sites (N-methyl/N-ethyl adjacent to an activating group) is 1. The van der Waals surface area contributed by atoms with Crippen LogP contribution in [-0.2, 0) is 0 Å². The Morgan fingerprint density at radius 1 is 1.14 bits per heavy atom. The molecule has 0 aromatic rings. The Kier molecular flexibility index (Phi) is 2.39. The van der Waals surface area contributed by atoms with Crippen molar-refractivity contribution in [3.05, 3.63) is 0 Å². The highest BCUT2D eigenvalue weighted by Gasteiger charge is 2.51. The van der Waals surface area contributed by atoms with E-state index in [2.05, 4.69) is 18.9 Å². The van der Waals surface area contributed by atoms with Crippen LogP contribution < -0.4 is 0 Å². The zero-order chi connectivity index (χ0) is 10.4. The molecule has 2 heteroatoms. The summed E-state index contributed by atoms with van der Waals surface area (Å²) in [6, 6.07) is 0.726. The van der Waals surface area contributed by atoms with Crippen molar-refractivity contribution in [1.29, 1.82) is 0 Å². The molecular weight excluding hydrogens is 174 g/mol. The first kappa shape index (κ1) is 10.4. The van der Waals surface area contributed by atoms with Gasteiger partial charge in [0.25, 0.3) is 0 Å². The molecule has 0 amide bonds. The van der Waals surface area contributed by atoms with E-state index < -0.39 is 5.60 Å². The molecule has 0 spiro atoms. The molecule has 2 aliphatic carbocycles. The highest BCUT2D eigenvalue weighted by molar-refractivity contribution is 5.07. The number of hydrogen-bond acceptors (Lipinski definition) is 2. The normalized spacial score (nSPS) is 44.4. The van der Waals surface area contributed by atoms with Gasteiger partial charge in [-0.1, -0.05) is 6.42 Å². The van der Waals surface area contributed by atoms with Crippen molar-refractivity contribution in [3.8, 4) is 0 Å². The van der Waals surface area contributed by atoms with Crippen LogP contribution in [0.25, 0.3) is 0 Å². The van der Waals surface area contributed by atoms with E-state index in [1.165, 1.54) is 25.7 Å². The Hall–Kier alpha value is -0.0800. The van der Waals surface area contributed by atoms with E-state index >= 15 is 0 Å². The lowest BCUT2D eigenvalue weighted by Gasteiger charge is -2.50. The summed E-state index contributed by atoms with van der Waals surface area (Å²) in [5, 5.41) is 10.4. The molecule has 0 bridgehead atoms. The summed E-state index contributed by atoms with van der Waals surface area (Å²) in [7, 11) is 2.20. The molecule has 0 heterocycles. The Morgan fingerprint density at radius 2 is 1.79 bits per heavy atom. The van der Waals surface area contributed by atoms with Gasteiger partial charge in [-0.3, -0.25) is 4.90 Å². The lowest BCUT2D eigenvalue weighted by Crippen LogP contribution is -2.60. The van der Waals surface area contributed by atoms with Crippen LogP contribution in [0.5, 0.6) is 0 Å². The fourth-order valence-corrected chi connectivity index (χ4v) is 3.05. The van der Waals surface area contributed by atoms with Crippen LogP contribution in [0.1, 0.15) is 52.4 Å². The van der Waals surface area contributed by atoms with Gasteiger partial charge in [0.05, 0.1) is 5.60 Å². The van der Waals surface area contributed by atoms with Crippen molar-refractivity contribution in [2.75, 3.05) is 7.05 Å². The second-order valence-electron chi connectivity index (χ2n) is 5.60. The van der Waals surface area contributed by atoms with Crippen molar-refractivity contribution in [2.24, 2.45) is 0 Å². The maximum absolute atomic E-state index is 10.4. The van der Waals surface area contributed by atoms with Crippen LogP contribution in [0.3, 0.4) is 0 Å². The number of hydrogen-bond donors (Lipinski definition) is 1. The third-order valence-electron chi connectivity index (χ3n) is 4.89. The molecule has 1 N–H and O–H groups in total. The van der Waals surface area contributed by atoms with Crippen LogP contribution >= 0.6 is 0 Å². The van der Waals surface area contributed by atoms with Gasteiger partial charge in [-0.25, -0.2) is 0 Å². The molecule has 2 rings (SSSR count). The minimum Gasteiger partial charge on any atom is -0.388 e. The zero-order valence-corrected chi connectivity index (χ0v) is 9.71. The van der Waals surface area contributed by atoms with Gasteiger partial charge in [-0.15, -0.1) is 0 Å². The first-order valence-corrected chi connectivity index (χ1v) is 5.93. The van der Waals surface area contributed by atoms with Gasteiger partial charge in [0.15, 0.2) is 0 Å². The topological polar surface area (TPSA) is 23.5 Å². The standard InChI is InChI=1S/C12H23NO/c1-11(8-5-9-12(11,2)14)13(3)10-6-4-7-10/h10,14H,4-9H2,1-3H3. The van der Waals surface area contributed by atoms with Gasteiger partial charge < -0.3 is 5.11 Å². The van der Waals surface area contributed by atoms with E-state index in [0.29, 0.717) is 0 Å². The molecule has 2 atom stereocenters. The van der Waals surface area contributed by atoms with Crippen molar-refractivity contribution < 1.29 is 5.11 Å². The lowest BCUT2D eigenvalue weighted by atomic mass is 9.80. The molecule has 0 aliphatic heterocycles. The second-order valence-corrected chi connectivity index (χ2v) is 5.60. The van der Waals surface area contributed by atoms with Gasteiger partial charge >= 0.3 is 0 Å². The molecule has 14 heavy (non-hydrogen) atoms. The highest BCUT2D eigenvalue weighted by Crippen LogP contribution is 2.45. The minimum absolute atomic E-state index is 0.0120. The third-order valence-corrected chi connectivity index (χ3v) is 4.89. The molecule has 2 aliphatic rings. The number of aliphatic hydroxyl groups is 1. The van der Waals surface area contributed by atoms with E-state index in [1.807, 2.05) is 6.92 Å². The summed E-state index contributed by atoms with van der Waals surface area (Å²) < 4.78 is 0. The van der Waals surface area contributed by atoms with Gasteiger partial charge in [-0.05, 0) is 53.0 Å². The number of nitrogens with zero attached hydrogens (tertiary/aromatic N) is 1. The molecular formula is C12H23NO. The van der Waals surface area contributed by atoms with Crippen LogP contribution in [0.2, 0.25) is 0 Å². The summed E-state index contributed by atoms with van der Waals surface area (Å²) in [5.41, 5.74) is -0.477. The van der Waals surface area contributed by atoms with Gasteiger partial charge in [0.1, 0.15) is 0 Å². The van der Waals surface area contributed by atoms with Gasteiger partial charge in [0, 0.05) is 11.6 Å². The van der Waals surface area contributed by atoms with Crippen molar-refractivity contribution in [3.63, 3.8) is 0 Å². The molecule has 2 saturated carbocycles. The Bertz CT molecular complexity index is 222. The molecule has 2 fully saturated rings. The van der Waals surface area contributed by atoms with Gasteiger partial charge in [-0.2, -0.15) is 0 Å². The van der Waals surface area contributed by atoms with Crippen molar-refractivity contribution in [2.45, 2.75) is 69.6 Å². The van der Waals surface area contributed by atoms with Crippen molar-refractivity contribution >= 4 is 0 Å². The highest BCUT2D eigenvalue weighted by atomic mass is 16.3. The summed E-state index contributed by atoms with van der Waals surface area (Å²) in [6.07, 6.45) is 7.28. The first-order chi connectivity index (χ1) is 6.47. The summed E-state index contributed by atoms with van der Waals surface area (Å²) in [6.45, 7) is 4.24. The molecule has 82 valence electrons. The van der Waals surface area contributed by atoms with E-state index in [9.17, 15) is 5.11 Å². The Labute approximate surface area is 87.3 Å². The molecule has 2 unspecified atom stereocenters. The van der Waals surface area contributed by atoms with E-state index in [4.69, 9.17) is 0 Å². The lowest BCUT2D eigenvalue weighted by molar-refractivity contribution is -0.0888. The van der Waals surface area contributed by atoms with Crippen LogP contribution in [0.15, 0.2) is 0 Å². The molecule has 2 nitrogen and oxygen atoms in total. The van der Waals surface area contributed by atoms with Crippen LogP contribution in [-0.4, -0.2) is 34.2 Å². The summed E-state index contributed by atoms with van der Waals surface area (Å²) in [4.78, 5) is 2.45. The third kappa shape index (κ3) is 1.31. The smallest absolute Gasteiger partial charge is 0.0799 e. The molecule has 0 saturated heterocycles. The predicted octanol–water partition coefficient (Wildman–Crippen LogP) is 2.16. The van der Waals surface area contributed by atoms with Crippen molar-refractivity contribution in [1.82, 2.24) is 4.90 Å². The predicted molar refractivity (Wildman–Crippen MR) is 58.3 cm³/mol. The van der Waals surface area contributed by atoms with Gasteiger partial charge in [0.2, 0.25) is 0 Å². The van der Waals surface area contributed by atoms with E-state index in [-0.39, 0.29) is 5.54 Å². The molecule has 0 radical (unpaired) electrons. The number of rotatable bonds is 2. The zero-order valence-electron chi connectivity index (χ0n) is 9.71. The Morgan fingerprint density at radius 3 is 2.14 bits per heavy atom. The average molecular weight is 197 g/mol. The maximum atomic E-state index is 10.4. The SMILES string of the molecule is CN(C1CCC1)C1(C)CCCC1(C)O. The van der Waals surface area contributed by atoms with E-state index in [1.54, 1.807) is 0 Å². The fourth-order valence-electron chi connectivity index (χ4n) is 3.05. The average Bonchev–Trinajstić information content (AvgIpc) is 2.24. The minimum atomic E-state index is -0.489. The molecule has 0 aromatic carbocycles. The molecule has 0 aromatic heterocycles. The Balaban J connectivity index is 2.13. The summed E-state index contributed by atoms with van der Waals surface area (Å²) in [5.74, 6) is 0. The fraction of sp³-hybridized carbons (Fsp3) is 1.00. The maximum Gasteiger partial charge on any atom is 0.0799 e. The second kappa shape index (κ2) is 3.21. The van der Waals surface area contributed by atoms with Crippen LogP contribution in [0, 0.1) is 0 Å². The van der Waals surface area contributed by atoms with E-state index in [0.717, 1.165) is 18.9 Å². The first-order valence-electron chi connectivity index (χ1n) is 5.93. The summed E-state index contributed by atoms with van der Waals surface area (Å²) >= 11 is 0.